The number of anilines is 1. The minimum atomic E-state index is -0.387. The van der Waals surface area contributed by atoms with Crippen molar-refractivity contribution in [2.24, 2.45) is 11.8 Å². The Hall–Kier alpha value is -3.41. The van der Waals surface area contributed by atoms with Crippen LogP contribution in [0.1, 0.15) is 30.0 Å². The maximum absolute atomic E-state index is 12.5. The van der Waals surface area contributed by atoms with Gasteiger partial charge in [-0.1, -0.05) is 31.2 Å². The second kappa shape index (κ2) is 8.38. The number of hydrogen-bond donors (Lipinski definition) is 1. The van der Waals surface area contributed by atoms with Gasteiger partial charge in [-0.25, -0.2) is 4.68 Å². The van der Waals surface area contributed by atoms with Gasteiger partial charge in [-0.2, -0.15) is 5.10 Å². The van der Waals surface area contributed by atoms with E-state index >= 15 is 0 Å². The van der Waals surface area contributed by atoms with Crippen LogP contribution < -0.4 is 5.32 Å². The number of carbonyl (C=O) groups excluding carboxylic acids is 2. The molecule has 2 atom stereocenters. The summed E-state index contributed by atoms with van der Waals surface area (Å²) >= 11 is 0. The maximum Gasteiger partial charge on any atom is 0.309 e. The molecule has 2 aromatic carbocycles. The van der Waals surface area contributed by atoms with Gasteiger partial charge in [0.05, 0.1) is 17.3 Å². The smallest absolute Gasteiger partial charge is 0.309 e. The second-order valence-electron chi connectivity index (χ2n) is 8.39. The molecule has 6 heteroatoms. The second-order valence-corrected chi connectivity index (χ2v) is 8.39. The largest absolute Gasteiger partial charge is 0.455 e. The lowest BCUT2D eigenvalue weighted by molar-refractivity contribution is -0.148. The van der Waals surface area contributed by atoms with Crippen molar-refractivity contribution in [3.05, 3.63) is 65.2 Å². The van der Waals surface area contributed by atoms with Gasteiger partial charge < -0.3 is 10.1 Å². The van der Waals surface area contributed by atoms with E-state index in [2.05, 4.69) is 38.2 Å². The number of esters is 1. The van der Waals surface area contributed by atoms with Gasteiger partial charge >= 0.3 is 5.97 Å². The van der Waals surface area contributed by atoms with Crippen molar-refractivity contribution in [3.8, 4) is 16.9 Å². The molecule has 0 unspecified atom stereocenters. The summed E-state index contributed by atoms with van der Waals surface area (Å²) in [6, 6.07) is 15.7. The Morgan fingerprint density at radius 2 is 1.74 bits per heavy atom. The number of carbonyl (C=O) groups is 2. The standard InChI is InChI=1S/C25H27N3O3/c1-15-10-17(3)20(11-16(15)2)22-13-23(28(27-22)19-8-6-5-7-9-19)26-24(29)14-31-25(30)21-12-18(21)4/h5-11,13,18,21H,12,14H2,1-4H3,(H,26,29)/t18-,21-/m0/s1. The number of benzene rings is 2. The summed E-state index contributed by atoms with van der Waals surface area (Å²) in [5.74, 6) is 0.119. The van der Waals surface area contributed by atoms with E-state index in [1.165, 1.54) is 11.1 Å². The third kappa shape index (κ3) is 4.53. The Balaban J connectivity index is 1.61. The van der Waals surface area contributed by atoms with Crippen LogP contribution in [0.2, 0.25) is 0 Å². The average molecular weight is 418 g/mol. The number of hydrogen-bond acceptors (Lipinski definition) is 4. The van der Waals surface area contributed by atoms with E-state index in [4.69, 9.17) is 9.84 Å². The molecule has 6 nitrogen and oxygen atoms in total. The van der Waals surface area contributed by atoms with Crippen LogP contribution >= 0.6 is 0 Å². The highest BCUT2D eigenvalue weighted by Gasteiger charge is 2.40. The Morgan fingerprint density at radius 1 is 1.06 bits per heavy atom. The first-order chi connectivity index (χ1) is 14.8. The van der Waals surface area contributed by atoms with Gasteiger partial charge in [-0.3, -0.25) is 9.59 Å². The zero-order valence-corrected chi connectivity index (χ0v) is 18.3. The minimum Gasteiger partial charge on any atom is -0.455 e. The molecule has 4 rings (SSSR count). The van der Waals surface area contributed by atoms with Crippen LogP contribution in [0.25, 0.3) is 16.9 Å². The molecule has 1 aromatic heterocycles. The fourth-order valence-electron chi connectivity index (χ4n) is 3.68. The fraction of sp³-hybridized carbons (Fsp3) is 0.320. The van der Waals surface area contributed by atoms with E-state index in [0.717, 1.165) is 28.9 Å². The minimum absolute atomic E-state index is 0.0676. The molecule has 1 saturated carbocycles. The van der Waals surface area contributed by atoms with E-state index in [0.29, 0.717) is 11.7 Å². The molecule has 0 saturated heterocycles. The van der Waals surface area contributed by atoms with Crippen LogP contribution in [0.3, 0.4) is 0 Å². The lowest BCUT2D eigenvalue weighted by Gasteiger charge is -2.09. The van der Waals surface area contributed by atoms with Gasteiger partial charge in [0.1, 0.15) is 5.82 Å². The summed E-state index contributed by atoms with van der Waals surface area (Å²) in [6.07, 6.45) is 0.833. The molecule has 0 bridgehead atoms. The topological polar surface area (TPSA) is 73.2 Å². The Kier molecular flexibility index (Phi) is 5.63. The lowest BCUT2D eigenvalue weighted by Crippen LogP contribution is -2.23. The van der Waals surface area contributed by atoms with Crippen LogP contribution in [0.5, 0.6) is 0 Å². The molecule has 3 aromatic rings. The first-order valence-electron chi connectivity index (χ1n) is 10.5. The number of para-hydroxylation sites is 1. The molecule has 0 radical (unpaired) electrons. The molecule has 1 amide bonds. The highest BCUT2D eigenvalue weighted by atomic mass is 16.5. The summed E-state index contributed by atoms with van der Waals surface area (Å²) < 4.78 is 6.88. The van der Waals surface area contributed by atoms with Crippen LogP contribution in [0.15, 0.2) is 48.5 Å². The van der Waals surface area contributed by atoms with Gasteiger partial charge in [-0.15, -0.1) is 0 Å². The summed E-state index contributed by atoms with van der Waals surface area (Å²) in [5.41, 5.74) is 6.14. The molecule has 1 aliphatic rings. The highest BCUT2D eigenvalue weighted by molar-refractivity contribution is 5.93. The predicted molar refractivity (Wildman–Crippen MR) is 120 cm³/mol. The average Bonchev–Trinajstić information content (AvgIpc) is 3.34. The van der Waals surface area contributed by atoms with Crippen LogP contribution in [0, 0.1) is 32.6 Å². The Morgan fingerprint density at radius 3 is 2.42 bits per heavy atom. The van der Waals surface area contributed by atoms with Gasteiger partial charge in [0.15, 0.2) is 6.61 Å². The van der Waals surface area contributed by atoms with E-state index in [1.54, 1.807) is 4.68 Å². The molecular formula is C25H27N3O3. The summed E-state index contributed by atoms with van der Waals surface area (Å²) in [5, 5.41) is 7.63. The SMILES string of the molecule is Cc1cc(C)c(-c2cc(NC(=O)COC(=O)[C@H]3C[C@@H]3C)n(-c3ccccc3)n2)cc1C. The number of aryl methyl sites for hydroxylation is 3. The number of amides is 1. The van der Waals surface area contributed by atoms with Crippen molar-refractivity contribution in [1.82, 2.24) is 9.78 Å². The fourth-order valence-corrected chi connectivity index (χ4v) is 3.68. The van der Waals surface area contributed by atoms with E-state index < -0.39 is 0 Å². The van der Waals surface area contributed by atoms with Crippen molar-refractivity contribution in [3.63, 3.8) is 0 Å². The number of ether oxygens (including phenoxy) is 1. The number of rotatable bonds is 6. The number of nitrogens with zero attached hydrogens (tertiary/aromatic N) is 2. The summed E-state index contributed by atoms with van der Waals surface area (Å²) in [6.45, 7) is 7.91. The Bertz CT molecular complexity index is 1130. The normalized spacial score (nSPS) is 17.3. The third-order valence-electron chi connectivity index (χ3n) is 5.85. The van der Waals surface area contributed by atoms with Crippen molar-refractivity contribution >= 4 is 17.7 Å². The van der Waals surface area contributed by atoms with Crippen molar-refractivity contribution in [2.45, 2.75) is 34.1 Å². The number of aromatic nitrogens is 2. The molecule has 1 aliphatic carbocycles. The molecule has 1 heterocycles. The van der Waals surface area contributed by atoms with Crippen molar-refractivity contribution in [2.75, 3.05) is 11.9 Å². The predicted octanol–water partition coefficient (Wildman–Crippen LogP) is 4.60. The summed E-state index contributed by atoms with van der Waals surface area (Å²) in [7, 11) is 0. The van der Waals surface area contributed by atoms with Gasteiger partial charge in [0, 0.05) is 11.6 Å². The van der Waals surface area contributed by atoms with Crippen molar-refractivity contribution < 1.29 is 14.3 Å². The first-order valence-corrected chi connectivity index (χ1v) is 10.5. The zero-order chi connectivity index (χ0) is 22.1. The van der Waals surface area contributed by atoms with E-state index in [9.17, 15) is 9.59 Å². The van der Waals surface area contributed by atoms with Crippen molar-refractivity contribution in [1.29, 1.82) is 0 Å². The number of nitrogens with one attached hydrogen (secondary N) is 1. The molecule has 31 heavy (non-hydrogen) atoms. The van der Waals surface area contributed by atoms with Crippen LogP contribution in [-0.4, -0.2) is 28.3 Å². The van der Waals surface area contributed by atoms with E-state index in [1.807, 2.05) is 43.3 Å². The quantitative estimate of drug-likeness (QED) is 0.595. The molecule has 0 aliphatic heterocycles. The molecule has 160 valence electrons. The third-order valence-corrected chi connectivity index (χ3v) is 5.85. The molecule has 1 N–H and O–H groups in total. The van der Waals surface area contributed by atoms with Crippen LogP contribution in [-0.2, 0) is 14.3 Å². The lowest BCUT2D eigenvalue weighted by atomic mass is 9.99. The molecule has 1 fully saturated rings. The molecule has 0 spiro atoms. The van der Waals surface area contributed by atoms with Gasteiger partial charge in [0.2, 0.25) is 0 Å². The highest BCUT2D eigenvalue weighted by Crippen LogP contribution is 2.38. The zero-order valence-electron chi connectivity index (χ0n) is 18.3. The Labute approximate surface area is 182 Å². The molecular weight excluding hydrogens is 390 g/mol. The maximum atomic E-state index is 12.5. The first kappa shape index (κ1) is 20.8. The van der Waals surface area contributed by atoms with E-state index in [-0.39, 0.29) is 24.4 Å². The van der Waals surface area contributed by atoms with Gasteiger partial charge in [-0.05, 0) is 68.0 Å². The van der Waals surface area contributed by atoms with Gasteiger partial charge in [0.25, 0.3) is 5.91 Å². The summed E-state index contributed by atoms with van der Waals surface area (Å²) in [4.78, 5) is 24.4. The van der Waals surface area contributed by atoms with Crippen LogP contribution in [0.4, 0.5) is 5.82 Å². The monoisotopic (exact) mass is 417 g/mol.